The number of rotatable bonds is 10. The van der Waals surface area contributed by atoms with Crippen molar-refractivity contribution in [3.63, 3.8) is 0 Å². The Morgan fingerprint density at radius 2 is 1.82 bits per heavy atom. The molecule has 0 bridgehead atoms. The number of benzene rings is 2. The van der Waals surface area contributed by atoms with Crippen LogP contribution in [0.2, 0.25) is 0 Å². The van der Waals surface area contributed by atoms with Crippen LogP contribution in [0.3, 0.4) is 0 Å². The first-order chi connectivity index (χ1) is 15.3. The summed E-state index contributed by atoms with van der Waals surface area (Å²) < 4.78 is 5.21. The van der Waals surface area contributed by atoms with Crippen LogP contribution in [0.1, 0.15) is 55.1 Å². The monoisotopic (exact) mass is 456 g/mol. The second kappa shape index (κ2) is 10.4. The predicted molar refractivity (Wildman–Crippen MR) is 127 cm³/mol. The van der Waals surface area contributed by atoms with E-state index in [1.54, 1.807) is 13.8 Å². The van der Waals surface area contributed by atoms with Crippen LogP contribution in [0.25, 0.3) is 6.08 Å². The second-order valence-corrected chi connectivity index (χ2v) is 8.84. The number of allylic oxidation sites excluding steroid dienone is 2. The van der Waals surface area contributed by atoms with Crippen LogP contribution in [0, 0.1) is 5.92 Å². The molecule has 2 aromatic carbocycles. The van der Waals surface area contributed by atoms with Crippen LogP contribution in [0.15, 0.2) is 42.5 Å². The Bertz CT molecular complexity index is 1060. The number of carbonyl (C=O) groups is 1. The number of ketones is 1. The molecule has 5 N–H and O–H groups in total. The highest BCUT2D eigenvalue weighted by molar-refractivity contribution is 6.11. The molecule has 0 aliphatic heterocycles. The molecular formula is C26H32O7. The first kappa shape index (κ1) is 25.8. The quantitative estimate of drug-likeness (QED) is 0.199. The third-order valence-electron chi connectivity index (χ3n) is 5.49. The second-order valence-electron chi connectivity index (χ2n) is 8.84. The van der Waals surface area contributed by atoms with Gasteiger partial charge in [-0.1, -0.05) is 12.2 Å². The van der Waals surface area contributed by atoms with Crippen LogP contribution >= 0.6 is 0 Å². The fraction of sp³-hybridized carbons (Fsp3) is 0.346. The Morgan fingerprint density at radius 1 is 1.15 bits per heavy atom. The first-order valence-electron chi connectivity index (χ1n) is 10.6. The average Bonchev–Trinajstić information content (AvgIpc) is 2.70. The smallest absolute Gasteiger partial charge is 0.193 e. The van der Waals surface area contributed by atoms with Crippen LogP contribution in [0.4, 0.5) is 0 Å². The lowest BCUT2D eigenvalue weighted by Gasteiger charge is -2.24. The SMILES string of the molecule is C=C(C)[C@H](CCC(C)(C)O)Cc1c(O)cc(OC)c(C(=O)C=Cc2ccc(O)cc2O)c1O. The number of aliphatic hydroxyl groups is 1. The zero-order valence-corrected chi connectivity index (χ0v) is 19.4. The van der Waals surface area contributed by atoms with Crippen LogP contribution in [-0.2, 0) is 6.42 Å². The molecular weight excluding hydrogens is 424 g/mol. The molecule has 0 aliphatic rings. The standard InChI is InChI=1S/C26H32O7/c1-15(2)17(10-11-26(3,4)32)12-19-22(30)14-23(33-5)24(25(19)31)20(28)9-7-16-6-8-18(27)13-21(16)29/h6-9,13-14,17,27,29-32H,1,10-12H2,2-5H3/t17-/m1/s1. The van der Waals surface area contributed by atoms with Crippen molar-refractivity contribution in [2.45, 2.75) is 45.6 Å². The van der Waals surface area contributed by atoms with Crippen molar-refractivity contribution in [3.8, 4) is 28.7 Å². The highest BCUT2D eigenvalue weighted by atomic mass is 16.5. The summed E-state index contributed by atoms with van der Waals surface area (Å²) in [7, 11) is 1.32. The summed E-state index contributed by atoms with van der Waals surface area (Å²) in [6, 6.07) is 5.23. The fourth-order valence-corrected chi connectivity index (χ4v) is 3.49. The first-order valence-corrected chi connectivity index (χ1v) is 10.6. The lowest BCUT2D eigenvalue weighted by Crippen LogP contribution is -2.21. The maximum Gasteiger partial charge on any atom is 0.193 e. The summed E-state index contributed by atoms with van der Waals surface area (Å²) in [5.74, 6) is -1.67. The minimum Gasteiger partial charge on any atom is -0.508 e. The van der Waals surface area contributed by atoms with Gasteiger partial charge < -0.3 is 30.3 Å². The largest absolute Gasteiger partial charge is 0.508 e. The summed E-state index contributed by atoms with van der Waals surface area (Å²) in [4.78, 5) is 12.9. The lowest BCUT2D eigenvalue weighted by molar-refractivity contribution is 0.0650. The maximum absolute atomic E-state index is 12.9. The third-order valence-corrected chi connectivity index (χ3v) is 5.49. The van der Waals surface area contributed by atoms with Crippen molar-refractivity contribution in [2.75, 3.05) is 7.11 Å². The van der Waals surface area contributed by atoms with Gasteiger partial charge in [-0.15, -0.1) is 0 Å². The van der Waals surface area contributed by atoms with Gasteiger partial charge in [-0.05, 0) is 70.2 Å². The van der Waals surface area contributed by atoms with Gasteiger partial charge in [0.15, 0.2) is 5.78 Å². The Kier molecular flexibility index (Phi) is 8.17. The molecule has 0 saturated heterocycles. The molecule has 7 heteroatoms. The Morgan fingerprint density at radius 3 is 2.36 bits per heavy atom. The van der Waals surface area contributed by atoms with E-state index in [2.05, 4.69) is 6.58 Å². The van der Waals surface area contributed by atoms with Gasteiger partial charge in [0.2, 0.25) is 0 Å². The number of methoxy groups -OCH3 is 1. The summed E-state index contributed by atoms with van der Waals surface area (Å²) in [5, 5.41) is 50.9. The Balaban J connectivity index is 2.42. The average molecular weight is 457 g/mol. The van der Waals surface area contributed by atoms with Crippen molar-refractivity contribution in [1.82, 2.24) is 0 Å². The number of hydrogen-bond donors (Lipinski definition) is 5. The van der Waals surface area contributed by atoms with Crippen molar-refractivity contribution in [2.24, 2.45) is 5.92 Å². The molecule has 178 valence electrons. The molecule has 0 saturated carbocycles. The van der Waals surface area contributed by atoms with Gasteiger partial charge >= 0.3 is 0 Å². The van der Waals surface area contributed by atoms with E-state index in [1.165, 1.54) is 31.4 Å². The van der Waals surface area contributed by atoms with Gasteiger partial charge in [0, 0.05) is 23.3 Å². The van der Waals surface area contributed by atoms with Gasteiger partial charge in [-0.2, -0.15) is 0 Å². The predicted octanol–water partition coefficient (Wildman–Crippen LogP) is 4.70. The molecule has 7 nitrogen and oxygen atoms in total. The van der Waals surface area contributed by atoms with E-state index < -0.39 is 17.1 Å². The molecule has 33 heavy (non-hydrogen) atoms. The molecule has 0 aromatic heterocycles. The van der Waals surface area contributed by atoms with E-state index in [1.807, 2.05) is 6.92 Å². The fourth-order valence-electron chi connectivity index (χ4n) is 3.49. The molecule has 0 heterocycles. The molecule has 2 aromatic rings. The molecule has 0 fully saturated rings. The van der Waals surface area contributed by atoms with Crippen LogP contribution < -0.4 is 4.74 Å². The minimum absolute atomic E-state index is 0.00157. The van der Waals surface area contributed by atoms with E-state index in [0.717, 1.165) is 17.7 Å². The number of phenolic OH excluding ortho intramolecular Hbond substituents is 4. The highest BCUT2D eigenvalue weighted by Gasteiger charge is 2.26. The summed E-state index contributed by atoms with van der Waals surface area (Å²) in [6.07, 6.45) is 3.80. The van der Waals surface area contributed by atoms with Crippen molar-refractivity contribution >= 4 is 11.9 Å². The van der Waals surface area contributed by atoms with Crippen molar-refractivity contribution < 1.29 is 35.1 Å². The molecule has 0 unspecified atom stereocenters. The number of hydrogen-bond acceptors (Lipinski definition) is 7. The molecule has 0 radical (unpaired) electrons. The molecule has 0 aliphatic carbocycles. The lowest BCUT2D eigenvalue weighted by atomic mass is 9.85. The molecule has 0 amide bonds. The Labute approximate surface area is 193 Å². The van der Waals surface area contributed by atoms with E-state index in [-0.39, 0.29) is 46.5 Å². The summed E-state index contributed by atoms with van der Waals surface area (Å²) in [6.45, 7) is 9.25. The van der Waals surface area contributed by atoms with Gasteiger partial charge in [-0.3, -0.25) is 4.79 Å². The number of ether oxygens (including phenoxy) is 1. The third kappa shape index (κ3) is 6.76. The van der Waals surface area contributed by atoms with Gasteiger partial charge in [0.05, 0.1) is 12.7 Å². The van der Waals surface area contributed by atoms with E-state index in [0.29, 0.717) is 18.4 Å². The number of aromatic hydroxyl groups is 4. The topological polar surface area (TPSA) is 127 Å². The van der Waals surface area contributed by atoms with E-state index >= 15 is 0 Å². The van der Waals surface area contributed by atoms with Crippen molar-refractivity contribution in [1.29, 1.82) is 0 Å². The van der Waals surface area contributed by atoms with E-state index in [4.69, 9.17) is 4.74 Å². The van der Waals surface area contributed by atoms with Crippen LogP contribution in [-0.4, -0.2) is 44.0 Å². The number of phenols is 4. The number of carbonyl (C=O) groups excluding carboxylic acids is 1. The van der Waals surface area contributed by atoms with Crippen LogP contribution in [0.5, 0.6) is 28.7 Å². The van der Waals surface area contributed by atoms with Crippen molar-refractivity contribution in [3.05, 3.63) is 59.2 Å². The van der Waals surface area contributed by atoms with Gasteiger partial charge in [0.1, 0.15) is 34.3 Å². The zero-order valence-electron chi connectivity index (χ0n) is 19.4. The molecule has 0 spiro atoms. The zero-order chi connectivity index (χ0) is 24.9. The van der Waals surface area contributed by atoms with E-state index in [9.17, 15) is 30.3 Å². The molecule has 1 atom stereocenters. The maximum atomic E-state index is 12.9. The summed E-state index contributed by atoms with van der Waals surface area (Å²) in [5.41, 5.74) is 0.312. The minimum atomic E-state index is -0.872. The highest BCUT2D eigenvalue weighted by Crippen LogP contribution is 2.41. The summed E-state index contributed by atoms with van der Waals surface area (Å²) >= 11 is 0. The van der Waals surface area contributed by atoms with Gasteiger partial charge in [-0.25, -0.2) is 0 Å². The normalized spacial score (nSPS) is 12.6. The van der Waals surface area contributed by atoms with Gasteiger partial charge in [0.25, 0.3) is 0 Å². The Hall–Kier alpha value is -3.45. The molecule has 2 rings (SSSR count).